The van der Waals surface area contributed by atoms with Gasteiger partial charge in [-0.15, -0.1) is 0 Å². The van der Waals surface area contributed by atoms with Crippen LogP contribution in [0.3, 0.4) is 0 Å². The van der Waals surface area contributed by atoms with Crippen molar-refractivity contribution < 1.29 is 19.1 Å². The van der Waals surface area contributed by atoms with Crippen LogP contribution in [0.5, 0.6) is 0 Å². The third-order valence-corrected chi connectivity index (χ3v) is 5.49. The van der Waals surface area contributed by atoms with Crippen LogP contribution in [-0.2, 0) is 14.3 Å². The lowest BCUT2D eigenvalue weighted by atomic mass is 9.87. The number of hydrogen-bond donors (Lipinski definition) is 2. The highest BCUT2D eigenvalue weighted by atomic mass is 16.5. The molecule has 0 spiro atoms. The number of amides is 3. The van der Waals surface area contributed by atoms with Gasteiger partial charge >= 0.3 is 6.03 Å². The molecule has 3 saturated heterocycles. The Kier molecular flexibility index (Phi) is 5.50. The summed E-state index contributed by atoms with van der Waals surface area (Å²) in [6.07, 6.45) is 0. The first kappa shape index (κ1) is 18.8. The van der Waals surface area contributed by atoms with Crippen molar-refractivity contribution in [1.29, 1.82) is 0 Å². The highest BCUT2D eigenvalue weighted by molar-refractivity contribution is 5.88. The maximum absolute atomic E-state index is 13.2. The van der Waals surface area contributed by atoms with Crippen LogP contribution in [0, 0.1) is 5.92 Å². The van der Waals surface area contributed by atoms with Gasteiger partial charge in [0.05, 0.1) is 32.5 Å². The fourth-order valence-electron chi connectivity index (χ4n) is 3.95. The number of rotatable bonds is 3. The van der Waals surface area contributed by atoms with Gasteiger partial charge in [-0.05, 0) is 17.7 Å². The number of nitrogens with zero attached hydrogens (tertiary/aromatic N) is 2. The molecule has 0 bridgehead atoms. The van der Waals surface area contributed by atoms with Gasteiger partial charge in [-0.25, -0.2) is 4.79 Å². The Morgan fingerprint density at radius 2 is 1.61 bits per heavy atom. The number of carbonyl (C=O) groups excluding carboxylic acids is 2. The van der Waals surface area contributed by atoms with Crippen LogP contribution in [0.2, 0.25) is 0 Å². The molecule has 2 atom stereocenters. The summed E-state index contributed by atoms with van der Waals surface area (Å²) in [6, 6.07) is 7.25. The highest BCUT2D eigenvalue weighted by Gasteiger charge is 2.40. The maximum atomic E-state index is 13.2. The summed E-state index contributed by atoms with van der Waals surface area (Å²) < 4.78 is 10.8. The van der Waals surface area contributed by atoms with E-state index in [0.717, 1.165) is 37.6 Å². The van der Waals surface area contributed by atoms with Crippen molar-refractivity contribution in [2.45, 2.75) is 6.04 Å². The minimum absolute atomic E-state index is 0.0388. The first-order valence-electron chi connectivity index (χ1n) is 9.69. The highest BCUT2D eigenvalue weighted by Crippen LogP contribution is 2.32. The zero-order valence-electron chi connectivity index (χ0n) is 15.9. The van der Waals surface area contributed by atoms with Crippen LogP contribution in [0.25, 0.3) is 0 Å². The van der Waals surface area contributed by atoms with E-state index in [2.05, 4.69) is 22.1 Å². The second-order valence-electron chi connectivity index (χ2n) is 7.21. The van der Waals surface area contributed by atoms with Gasteiger partial charge in [0.1, 0.15) is 5.92 Å². The molecule has 3 amide bonds. The van der Waals surface area contributed by atoms with Gasteiger partial charge in [-0.2, -0.15) is 0 Å². The molecule has 8 heteroatoms. The molecule has 3 aliphatic heterocycles. The Labute approximate surface area is 164 Å². The summed E-state index contributed by atoms with van der Waals surface area (Å²) in [6.45, 7) is 9.30. The van der Waals surface area contributed by atoms with E-state index >= 15 is 0 Å². The third-order valence-electron chi connectivity index (χ3n) is 5.49. The topological polar surface area (TPSA) is 83.1 Å². The summed E-state index contributed by atoms with van der Waals surface area (Å²) in [4.78, 5) is 29.3. The fourth-order valence-corrected chi connectivity index (χ4v) is 3.95. The number of nitrogens with one attached hydrogen (secondary N) is 2. The van der Waals surface area contributed by atoms with Crippen molar-refractivity contribution in [2.24, 2.45) is 5.92 Å². The van der Waals surface area contributed by atoms with Gasteiger partial charge in [0.25, 0.3) is 0 Å². The number of ether oxygens (including phenoxy) is 2. The third kappa shape index (κ3) is 3.83. The van der Waals surface area contributed by atoms with E-state index in [0.29, 0.717) is 32.0 Å². The van der Waals surface area contributed by atoms with Crippen molar-refractivity contribution in [1.82, 2.24) is 15.5 Å². The molecule has 0 unspecified atom stereocenters. The Hall–Kier alpha value is -2.58. The van der Waals surface area contributed by atoms with Crippen molar-refractivity contribution in [3.05, 3.63) is 42.1 Å². The Balaban J connectivity index is 1.56. The first-order chi connectivity index (χ1) is 13.6. The van der Waals surface area contributed by atoms with Crippen molar-refractivity contribution in [2.75, 3.05) is 57.5 Å². The summed E-state index contributed by atoms with van der Waals surface area (Å²) >= 11 is 0. The summed E-state index contributed by atoms with van der Waals surface area (Å²) in [5.74, 6) is -0.590. The second-order valence-corrected chi connectivity index (χ2v) is 7.21. The average molecular weight is 386 g/mol. The fraction of sp³-hybridized carbons (Fsp3) is 0.500. The summed E-state index contributed by atoms with van der Waals surface area (Å²) in [5.41, 5.74) is 2.43. The van der Waals surface area contributed by atoms with Crippen LogP contribution in [0.4, 0.5) is 10.5 Å². The van der Waals surface area contributed by atoms with Crippen LogP contribution >= 0.6 is 0 Å². The number of benzene rings is 1. The van der Waals surface area contributed by atoms with E-state index in [1.807, 2.05) is 24.3 Å². The molecule has 28 heavy (non-hydrogen) atoms. The average Bonchev–Trinajstić information content (AvgIpc) is 2.74. The van der Waals surface area contributed by atoms with Gasteiger partial charge in [0, 0.05) is 37.6 Å². The molecule has 4 rings (SSSR count). The zero-order chi connectivity index (χ0) is 19.5. The molecule has 0 aromatic heterocycles. The van der Waals surface area contributed by atoms with E-state index in [1.54, 1.807) is 4.90 Å². The predicted octanol–water partition coefficient (Wildman–Crippen LogP) is 0.866. The molecule has 0 radical (unpaired) electrons. The molecular formula is C20H26N4O4. The van der Waals surface area contributed by atoms with Crippen molar-refractivity contribution >= 4 is 17.6 Å². The van der Waals surface area contributed by atoms with E-state index in [9.17, 15) is 9.59 Å². The summed E-state index contributed by atoms with van der Waals surface area (Å²) in [5, 5.41) is 5.58. The molecule has 3 aliphatic rings. The molecule has 0 aliphatic carbocycles. The van der Waals surface area contributed by atoms with Crippen LogP contribution in [-0.4, -0.2) is 69.4 Å². The number of hydrogen-bond acceptors (Lipinski definition) is 5. The van der Waals surface area contributed by atoms with Gasteiger partial charge in [0.2, 0.25) is 5.91 Å². The van der Waals surface area contributed by atoms with Crippen molar-refractivity contribution in [3.63, 3.8) is 0 Å². The van der Waals surface area contributed by atoms with Crippen LogP contribution in [0.15, 0.2) is 36.5 Å². The largest absolute Gasteiger partial charge is 0.378 e. The van der Waals surface area contributed by atoms with Gasteiger partial charge < -0.3 is 29.9 Å². The van der Waals surface area contributed by atoms with Crippen LogP contribution < -0.4 is 15.5 Å². The molecular weight excluding hydrogens is 360 g/mol. The minimum atomic E-state index is -0.551. The molecule has 3 fully saturated rings. The van der Waals surface area contributed by atoms with E-state index in [4.69, 9.17) is 9.47 Å². The second kappa shape index (κ2) is 8.20. The molecule has 3 heterocycles. The zero-order valence-corrected chi connectivity index (χ0v) is 15.9. The SMILES string of the molecule is C=C1NC(=O)N[C@H](c2ccc(N3CCOCC3)cc2)[C@@H]1C(=O)N1CCOCC1. The smallest absolute Gasteiger partial charge is 0.319 e. The summed E-state index contributed by atoms with van der Waals surface area (Å²) in [7, 11) is 0. The van der Waals surface area contributed by atoms with E-state index in [-0.39, 0.29) is 11.9 Å². The standard InChI is InChI=1S/C20H26N4O4/c1-14-17(19(25)24-8-12-28-13-9-24)18(22-20(26)21-14)15-2-4-16(5-3-15)23-6-10-27-11-7-23/h2-5,17-18H,1,6-13H2,(H2,21,22,26)/t17-,18-/m1/s1. The van der Waals surface area contributed by atoms with Gasteiger partial charge in [-0.1, -0.05) is 18.7 Å². The number of morpholine rings is 2. The molecule has 8 nitrogen and oxygen atoms in total. The number of carbonyl (C=O) groups is 2. The number of urea groups is 1. The Morgan fingerprint density at radius 3 is 2.25 bits per heavy atom. The molecule has 0 saturated carbocycles. The monoisotopic (exact) mass is 386 g/mol. The molecule has 2 N–H and O–H groups in total. The predicted molar refractivity (Wildman–Crippen MR) is 104 cm³/mol. The lowest BCUT2D eigenvalue weighted by molar-refractivity contribution is -0.139. The lowest BCUT2D eigenvalue weighted by Gasteiger charge is -2.38. The van der Waals surface area contributed by atoms with Crippen LogP contribution in [0.1, 0.15) is 11.6 Å². The number of anilines is 1. The molecule has 1 aromatic rings. The molecule has 1 aromatic carbocycles. The van der Waals surface area contributed by atoms with Gasteiger partial charge in [-0.3, -0.25) is 4.79 Å². The van der Waals surface area contributed by atoms with Gasteiger partial charge in [0.15, 0.2) is 0 Å². The normalized spacial score (nSPS) is 25.9. The minimum Gasteiger partial charge on any atom is -0.378 e. The maximum Gasteiger partial charge on any atom is 0.319 e. The molecule has 150 valence electrons. The van der Waals surface area contributed by atoms with E-state index < -0.39 is 12.0 Å². The van der Waals surface area contributed by atoms with Crippen molar-refractivity contribution in [3.8, 4) is 0 Å². The Bertz CT molecular complexity index is 739. The first-order valence-corrected chi connectivity index (χ1v) is 9.69. The lowest BCUT2D eigenvalue weighted by Crippen LogP contribution is -2.55. The van der Waals surface area contributed by atoms with E-state index in [1.165, 1.54) is 0 Å². The Morgan fingerprint density at radius 1 is 1.00 bits per heavy atom. The quantitative estimate of drug-likeness (QED) is 0.805.